The van der Waals surface area contributed by atoms with E-state index in [0.29, 0.717) is 12.4 Å². The lowest BCUT2D eigenvalue weighted by atomic mass is 10.3. The molecule has 1 atom stereocenters. The molecule has 0 saturated carbocycles. The summed E-state index contributed by atoms with van der Waals surface area (Å²) >= 11 is 1.39. The van der Waals surface area contributed by atoms with Gasteiger partial charge in [-0.25, -0.2) is 0 Å². The van der Waals surface area contributed by atoms with Crippen molar-refractivity contribution in [1.82, 2.24) is 10.9 Å². The van der Waals surface area contributed by atoms with Gasteiger partial charge in [-0.1, -0.05) is 18.2 Å². The number of thioether (sulfide) groups is 1. The maximum atomic E-state index is 12.0. The number of hydrogen-bond acceptors (Lipinski definition) is 5. The van der Waals surface area contributed by atoms with Gasteiger partial charge in [-0.15, -0.1) is 11.8 Å². The molecule has 2 aromatic rings. The number of hydrogen-bond donors (Lipinski definition) is 2. The minimum atomic E-state index is -0.755. The van der Waals surface area contributed by atoms with Crippen LogP contribution in [0.1, 0.15) is 13.8 Å². The fourth-order valence-electron chi connectivity index (χ4n) is 1.97. The maximum absolute atomic E-state index is 12.0. The lowest BCUT2D eigenvalue weighted by Gasteiger charge is -2.15. The second-order valence-corrected chi connectivity index (χ2v) is 6.35. The van der Waals surface area contributed by atoms with Gasteiger partial charge < -0.3 is 9.47 Å². The van der Waals surface area contributed by atoms with Gasteiger partial charge in [-0.2, -0.15) is 0 Å². The molecule has 0 radical (unpaired) electrons. The van der Waals surface area contributed by atoms with Gasteiger partial charge in [0, 0.05) is 4.90 Å². The first-order chi connectivity index (χ1) is 12.6. The Hall–Kier alpha value is -2.67. The van der Waals surface area contributed by atoms with Crippen molar-refractivity contribution in [2.45, 2.75) is 24.8 Å². The normalized spacial score (nSPS) is 11.3. The summed E-state index contributed by atoms with van der Waals surface area (Å²) in [5, 5.41) is 0. The Morgan fingerprint density at radius 1 is 1.00 bits per heavy atom. The van der Waals surface area contributed by atoms with E-state index < -0.39 is 12.0 Å². The highest BCUT2D eigenvalue weighted by Crippen LogP contribution is 2.18. The molecule has 0 aromatic heterocycles. The van der Waals surface area contributed by atoms with Gasteiger partial charge in [0.25, 0.3) is 5.91 Å². The van der Waals surface area contributed by atoms with Crippen LogP contribution < -0.4 is 20.3 Å². The number of nitrogens with one attached hydrogen (secondary N) is 2. The zero-order chi connectivity index (χ0) is 18.8. The Bertz CT molecular complexity index is 707. The molecule has 2 amide bonds. The van der Waals surface area contributed by atoms with Crippen molar-refractivity contribution in [2.75, 3.05) is 12.4 Å². The molecule has 2 aromatic carbocycles. The minimum Gasteiger partial charge on any atom is -0.494 e. The molecular weight excluding hydrogens is 352 g/mol. The first-order valence-corrected chi connectivity index (χ1v) is 9.23. The quantitative estimate of drug-likeness (QED) is 0.549. The molecule has 7 heteroatoms. The van der Waals surface area contributed by atoms with Crippen LogP contribution >= 0.6 is 11.8 Å². The summed E-state index contributed by atoms with van der Waals surface area (Å²) in [6, 6.07) is 16.6. The molecule has 26 heavy (non-hydrogen) atoms. The van der Waals surface area contributed by atoms with Crippen LogP contribution in [0.25, 0.3) is 0 Å². The molecular formula is C19H22N2O4S. The van der Waals surface area contributed by atoms with Crippen molar-refractivity contribution in [2.24, 2.45) is 0 Å². The summed E-state index contributed by atoms with van der Waals surface area (Å²) in [7, 11) is 0. The first kappa shape index (κ1) is 19.7. The van der Waals surface area contributed by atoms with Gasteiger partial charge in [-0.3, -0.25) is 20.4 Å². The number of carbonyl (C=O) groups is 2. The molecule has 0 saturated heterocycles. The average Bonchev–Trinajstić information content (AvgIpc) is 2.67. The molecule has 0 aliphatic rings. The van der Waals surface area contributed by atoms with Gasteiger partial charge in [0.2, 0.25) is 5.91 Å². The van der Waals surface area contributed by atoms with E-state index in [0.717, 1.165) is 10.6 Å². The Balaban J connectivity index is 1.71. The predicted octanol–water partition coefficient (Wildman–Crippen LogP) is 2.79. The fourth-order valence-corrected chi connectivity index (χ4v) is 2.69. The van der Waals surface area contributed by atoms with Crippen LogP contribution in [0.15, 0.2) is 59.5 Å². The van der Waals surface area contributed by atoms with Gasteiger partial charge in [-0.05, 0) is 50.2 Å². The number of rotatable bonds is 8. The highest BCUT2D eigenvalue weighted by molar-refractivity contribution is 8.00. The van der Waals surface area contributed by atoms with Crippen molar-refractivity contribution >= 4 is 23.6 Å². The summed E-state index contributed by atoms with van der Waals surface area (Å²) in [5.41, 5.74) is 4.75. The third kappa shape index (κ3) is 6.68. The molecule has 0 bridgehead atoms. The SMILES string of the molecule is CCOc1ccc(O[C@H](C)C(=O)NNC(=O)CSc2ccccc2)cc1. The Kier molecular flexibility index (Phi) is 7.82. The van der Waals surface area contributed by atoms with Crippen LogP contribution in [0.4, 0.5) is 0 Å². The van der Waals surface area contributed by atoms with E-state index in [-0.39, 0.29) is 11.7 Å². The van der Waals surface area contributed by atoms with E-state index in [1.165, 1.54) is 11.8 Å². The molecule has 0 unspecified atom stereocenters. The third-order valence-electron chi connectivity index (χ3n) is 3.26. The molecule has 0 aliphatic carbocycles. The molecule has 0 fully saturated rings. The van der Waals surface area contributed by atoms with Gasteiger partial charge in [0.05, 0.1) is 12.4 Å². The summed E-state index contributed by atoms with van der Waals surface area (Å²) < 4.78 is 10.9. The molecule has 138 valence electrons. The van der Waals surface area contributed by atoms with E-state index >= 15 is 0 Å². The number of ether oxygens (including phenoxy) is 2. The number of amides is 2. The molecule has 6 nitrogen and oxygen atoms in total. The van der Waals surface area contributed by atoms with Crippen LogP contribution in [0.2, 0.25) is 0 Å². The smallest absolute Gasteiger partial charge is 0.279 e. The maximum Gasteiger partial charge on any atom is 0.279 e. The molecule has 0 heterocycles. The fraction of sp³-hybridized carbons (Fsp3) is 0.263. The van der Waals surface area contributed by atoms with Crippen molar-refractivity contribution in [1.29, 1.82) is 0 Å². The van der Waals surface area contributed by atoms with Gasteiger partial charge in [0.15, 0.2) is 6.10 Å². The first-order valence-electron chi connectivity index (χ1n) is 8.24. The molecule has 2 N–H and O–H groups in total. The highest BCUT2D eigenvalue weighted by atomic mass is 32.2. The second-order valence-electron chi connectivity index (χ2n) is 5.30. The molecule has 2 rings (SSSR count). The van der Waals surface area contributed by atoms with Crippen molar-refractivity contribution in [3.05, 3.63) is 54.6 Å². The molecule has 0 aliphatic heterocycles. The lowest BCUT2D eigenvalue weighted by molar-refractivity contribution is -0.131. The van der Waals surface area contributed by atoms with E-state index in [1.807, 2.05) is 37.3 Å². The predicted molar refractivity (Wildman–Crippen MR) is 101 cm³/mol. The summed E-state index contributed by atoms with van der Waals surface area (Å²) in [5.74, 6) is 0.762. The minimum absolute atomic E-state index is 0.207. The lowest BCUT2D eigenvalue weighted by Crippen LogP contribution is -2.47. The van der Waals surface area contributed by atoms with Crippen LogP contribution in [0.3, 0.4) is 0 Å². The van der Waals surface area contributed by atoms with E-state index in [9.17, 15) is 9.59 Å². The summed E-state index contributed by atoms with van der Waals surface area (Å²) in [4.78, 5) is 24.8. The second kappa shape index (κ2) is 10.4. The zero-order valence-electron chi connectivity index (χ0n) is 14.7. The largest absolute Gasteiger partial charge is 0.494 e. The van der Waals surface area contributed by atoms with E-state index in [2.05, 4.69) is 10.9 Å². The standard InChI is InChI=1S/C19H22N2O4S/c1-3-24-15-9-11-16(12-10-15)25-14(2)19(23)21-20-18(22)13-26-17-7-5-4-6-8-17/h4-12,14H,3,13H2,1-2H3,(H,20,22)(H,21,23)/t14-/m1/s1. The Morgan fingerprint density at radius 2 is 1.65 bits per heavy atom. The molecule has 0 spiro atoms. The monoisotopic (exact) mass is 374 g/mol. The van der Waals surface area contributed by atoms with Crippen LogP contribution in [-0.2, 0) is 9.59 Å². The Labute approximate surface area is 157 Å². The van der Waals surface area contributed by atoms with Crippen LogP contribution in [0.5, 0.6) is 11.5 Å². The van der Waals surface area contributed by atoms with Crippen LogP contribution in [0, 0.1) is 0 Å². The van der Waals surface area contributed by atoms with E-state index in [4.69, 9.17) is 9.47 Å². The summed E-state index contributed by atoms with van der Waals surface area (Å²) in [6.07, 6.45) is -0.755. The third-order valence-corrected chi connectivity index (χ3v) is 4.27. The van der Waals surface area contributed by atoms with Crippen LogP contribution in [-0.4, -0.2) is 30.3 Å². The van der Waals surface area contributed by atoms with Gasteiger partial charge >= 0.3 is 0 Å². The number of hydrazine groups is 1. The summed E-state index contributed by atoms with van der Waals surface area (Å²) in [6.45, 7) is 4.10. The van der Waals surface area contributed by atoms with Crippen molar-refractivity contribution in [3.8, 4) is 11.5 Å². The Morgan fingerprint density at radius 3 is 2.31 bits per heavy atom. The number of carbonyl (C=O) groups excluding carboxylic acids is 2. The number of benzene rings is 2. The van der Waals surface area contributed by atoms with E-state index in [1.54, 1.807) is 31.2 Å². The van der Waals surface area contributed by atoms with Gasteiger partial charge in [0.1, 0.15) is 11.5 Å². The van der Waals surface area contributed by atoms with Crippen molar-refractivity contribution in [3.63, 3.8) is 0 Å². The highest BCUT2D eigenvalue weighted by Gasteiger charge is 2.15. The topological polar surface area (TPSA) is 76.7 Å². The zero-order valence-corrected chi connectivity index (χ0v) is 15.5. The van der Waals surface area contributed by atoms with Crippen molar-refractivity contribution < 1.29 is 19.1 Å². The average molecular weight is 374 g/mol.